The van der Waals surface area contributed by atoms with Crippen molar-refractivity contribution in [3.05, 3.63) is 65.7 Å². The number of benzene rings is 2. The van der Waals surface area contributed by atoms with Crippen molar-refractivity contribution < 1.29 is 27.9 Å². The Morgan fingerprint density at radius 3 is 2.38 bits per heavy atom. The summed E-state index contributed by atoms with van der Waals surface area (Å²) in [7, 11) is -3.53. The molecule has 2 heterocycles. The highest BCUT2D eigenvalue weighted by atomic mass is 32.2. The molecule has 10 heteroatoms. The fourth-order valence-electron chi connectivity index (χ4n) is 4.84. The van der Waals surface area contributed by atoms with Crippen molar-refractivity contribution in [3.63, 3.8) is 0 Å². The number of hydrogen-bond acceptors (Lipinski definition) is 7. The lowest BCUT2D eigenvalue weighted by Gasteiger charge is -2.36. The Morgan fingerprint density at radius 1 is 1.14 bits per heavy atom. The first-order valence-electron chi connectivity index (χ1n) is 12.6. The molecule has 2 aliphatic heterocycles. The zero-order valence-corrected chi connectivity index (χ0v) is 21.9. The first-order chi connectivity index (χ1) is 17.7. The van der Waals surface area contributed by atoms with Crippen LogP contribution in [0.25, 0.3) is 0 Å². The Hall–Kier alpha value is -2.79. The Balaban J connectivity index is 0.000000195. The third-order valence-electron chi connectivity index (χ3n) is 7.19. The Bertz CT molecular complexity index is 1190. The number of nitrogens with zero attached hydrogens (tertiary/aromatic N) is 2. The van der Waals surface area contributed by atoms with E-state index < -0.39 is 21.6 Å². The van der Waals surface area contributed by atoms with Crippen molar-refractivity contribution in [2.24, 2.45) is 10.9 Å². The molecule has 1 aliphatic carbocycles. The number of carboxylic acid groups (broad SMARTS) is 1. The maximum Gasteiger partial charge on any atom is 0.353 e. The summed E-state index contributed by atoms with van der Waals surface area (Å²) in [6, 6.07) is 17.3. The minimum absolute atomic E-state index is 0.000147. The summed E-state index contributed by atoms with van der Waals surface area (Å²) >= 11 is 0. The Kier molecular flexibility index (Phi) is 8.63. The summed E-state index contributed by atoms with van der Waals surface area (Å²) in [6.07, 6.45) is 4.79. The van der Waals surface area contributed by atoms with Crippen molar-refractivity contribution >= 4 is 21.7 Å². The number of sulfonamides is 1. The molecule has 1 saturated carbocycles. The average Bonchev–Trinajstić information content (AvgIpc) is 3.50. The molecule has 2 aromatic rings. The van der Waals surface area contributed by atoms with E-state index in [0.29, 0.717) is 32.5 Å². The van der Waals surface area contributed by atoms with Gasteiger partial charge in [0, 0.05) is 38.4 Å². The molecule has 1 saturated heterocycles. The molecule has 0 aromatic heterocycles. The van der Waals surface area contributed by atoms with Crippen LogP contribution < -0.4 is 5.73 Å². The van der Waals surface area contributed by atoms with E-state index in [2.05, 4.69) is 17.3 Å². The van der Waals surface area contributed by atoms with Crippen LogP contribution in [0.15, 0.2) is 64.6 Å². The number of nitrogens with two attached hydrogens (primary N) is 1. The number of piperidine rings is 1. The van der Waals surface area contributed by atoms with Gasteiger partial charge in [-0.3, -0.25) is 0 Å². The lowest BCUT2D eigenvalue weighted by molar-refractivity contribution is -0.129. The van der Waals surface area contributed by atoms with E-state index in [1.54, 1.807) is 24.3 Å². The average molecular weight is 530 g/mol. The SMILES string of the molecule is Cc1ccc(S(=O)(=O)N2CCC3(CC2)CC(C(=O)O)=NO3)cc1.NC1CCCC1OCc1ccccc1. The number of aryl methyl sites for hydroxylation is 1. The number of rotatable bonds is 6. The summed E-state index contributed by atoms with van der Waals surface area (Å²) in [5.74, 6) is -1.09. The predicted octanol–water partition coefficient (Wildman–Crippen LogP) is 3.46. The van der Waals surface area contributed by atoms with Crippen LogP contribution >= 0.6 is 0 Å². The third kappa shape index (κ3) is 6.75. The molecule has 1 spiro atoms. The van der Waals surface area contributed by atoms with Gasteiger partial charge in [0.15, 0.2) is 5.71 Å². The number of hydrogen-bond donors (Lipinski definition) is 2. The number of oxime groups is 1. The molecule has 0 amide bonds. The predicted molar refractivity (Wildman–Crippen MR) is 140 cm³/mol. The van der Waals surface area contributed by atoms with Gasteiger partial charge in [-0.05, 0) is 43.9 Å². The highest BCUT2D eigenvalue weighted by Crippen LogP contribution is 2.36. The summed E-state index contributed by atoms with van der Waals surface area (Å²) in [4.78, 5) is 16.5. The van der Waals surface area contributed by atoms with Crippen molar-refractivity contribution in [2.75, 3.05) is 13.1 Å². The third-order valence-corrected chi connectivity index (χ3v) is 9.10. The maximum atomic E-state index is 12.6. The fourth-order valence-corrected chi connectivity index (χ4v) is 6.28. The second-order valence-electron chi connectivity index (χ2n) is 9.94. The minimum Gasteiger partial charge on any atom is -0.477 e. The Labute approximate surface area is 218 Å². The molecule has 2 atom stereocenters. The molecule has 9 nitrogen and oxygen atoms in total. The van der Waals surface area contributed by atoms with Gasteiger partial charge >= 0.3 is 5.97 Å². The van der Waals surface area contributed by atoms with E-state index in [1.807, 2.05) is 25.1 Å². The fraction of sp³-hybridized carbons (Fsp3) is 0.481. The molecule has 0 radical (unpaired) electrons. The molecular weight excluding hydrogens is 494 g/mol. The van der Waals surface area contributed by atoms with Gasteiger partial charge in [0.2, 0.25) is 10.0 Å². The maximum absolute atomic E-state index is 12.6. The van der Waals surface area contributed by atoms with Crippen LogP contribution in [-0.4, -0.2) is 60.3 Å². The number of carboxylic acids is 1. The number of carbonyl (C=O) groups is 1. The monoisotopic (exact) mass is 529 g/mol. The normalized spacial score (nSPS) is 23.1. The topological polar surface area (TPSA) is 132 Å². The van der Waals surface area contributed by atoms with Crippen LogP contribution in [0.4, 0.5) is 0 Å². The van der Waals surface area contributed by atoms with Crippen LogP contribution in [0, 0.1) is 6.92 Å². The molecule has 2 unspecified atom stereocenters. The van der Waals surface area contributed by atoms with Gasteiger partial charge in [-0.25, -0.2) is 13.2 Å². The second kappa shape index (κ2) is 11.7. The van der Waals surface area contributed by atoms with E-state index in [9.17, 15) is 13.2 Å². The molecule has 2 fully saturated rings. The molecule has 0 bridgehead atoms. The van der Waals surface area contributed by atoms with E-state index in [4.69, 9.17) is 20.4 Å². The highest BCUT2D eigenvalue weighted by Gasteiger charge is 2.45. The highest BCUT2D eigenvalue weighted by molar-refractivity contribution is 7.89. The lowest BCUT2D eigenvalue weighted by atomic mass is 9.88. The van der Waals surface area contributed by atoms with Crippen molar-refractivity contribution in [1.82, 2.24) is 4.31 Å². The molecular formula is C27H35N3O6S. The van der Waals surface area contributed by atoms with Crippen molar-refractivity contribution in [1.29, 1.82) is 0 Å². The van der Waals surface area contributed by atoms with E-state index in [0.717, 1.165) is 18.4 Å². The molecule has 3 aliphatic rings. The summed E-state index contributed by atoms with van der Waals surface area (Å²) in [5.41, 5.74) is 7.47. The smallest absolute Gasteiger partial charge is 0.353 e. The van der Waals surface area contributed by atoms with Crippen LogP contribution in [0.3, 0.4) is 0 Å². The van der Waals surface area contributed by atoms with Gasteiger partial charge in [0.25, 0.3) is 0 Å². The van der Waals surface area contributed by atoms with Gasteiger partial charge in [0.05, 0.1) is 17.6 Å². The largest absolute Gasteiger partial charge is 0.477 e. The number of aliphatic carboxylic acids is 1. The van der Waals surface area contributed by atoms with Gasteiger partial charge in [0.1, 0.15) is 5.60 Å². The zero-order valence-electron chi connectivity index (χ0n) is 21.1. The van der Waals surface area contributed by atoms with Crippen LogP contribution in [0.5, 0.6) is 0 Å². The standard InChI is InChI=1S/C15H18N2O5S.C12H17NO/c1-11-2-4-12(5-3-11)23(20,21)17-8-6-15(7-9-17)10-13(14(18)19)16-22-15;13-11-7-4-8-12(11)14-9-10-5-2-1-3-6-10/h2-5H,6-10H2,1H3,(H,18,19);1-3,5-6,11-12H,4,7-9,13H2. The number of ether oxygens (including phenoxy) is 1. The van der Waals surface area contributed by atoms with E-state index >= 15 is 0 Å². The van der Waals surface area contributed by atoms with Gasteiger partial charge in [-0.1, -0.05) is 53.2 Å². The van der Waals surface area contributed by atoms with E-state index in [-0.39, 0.29) is 29.2 Å². The van der Waals surface area contributed by atoms with Crippen LogP contribution in [0.2, 0.25) is 0 Å². The minimum atomic E-state index is -3.53. The molecule has 5 rings (SSSR count). The van der Waals surface area contributed by atoms with Gasteiger partial charge < -0.3 is 20.4 Å². The quantitative estimate of drug-likeness (QED) is 0.586. The van der Waals surface area contributed by atoms with Crippen LogP contribution in [0.1, 0.15) is 49.7 Å². The van der Waals surface area contributed by atoms with Crippen LogP contribution in [-0.2, 0) is 31.0 Å². The van der Waals surface area contributed by atoms with E-state index in [1.165, 1.54) is 16.3 Å². The lowest BCUT2D eigenvalue weighted by Crippen LogP contribution is -2.47. The van der Waals surface area contributed by atoms with Gasteiger partial charge in [-0.15, -0.1) is 0 Å². The molecule has 37 heavy (non-hydrogen) atoms. The molecule has 200 valence electrons. The van der Waals surface area contributed by atoms with Crippen molar-refractivity contribution in [3.8, 4) is 0 Å². The second-order valence-corrected chi connectivity index (χ2v) is 11.9. The molecule has 2 aromatic carbocycles. The summed E-state index contributed by atoms with van der Waals surface area (Å²) in [6.45, 7) is 3.18. The van der Waals surface area contributed by atoms with Gasteiger partial charge in [-0.2, -0.15) is 4.31 Å². The first kappa shape index (κ1) is 27.3. The zero-order chi connectivity index (χ0) is 26.5. The molecule has 3 N–H and O–H groups in total. The summed E-state index contributed by atoms with van der Waals surface area (Å²) < 4.78 is 32.5. The first-order valence-corrected chi connectivity index (χ1v) is 14.1. The van der Waals surface area contributed by atoms with Crippen molar-refractivity contribution in [2.45, 2.75) is 74.7 Å². The summed E-state index contributed by atoms with van der Waals surface area (Å²) in [5, 5.41) is 12.6. The Morgan fingerprint density at radius 2 is 1.81 bits per heavy atom.